The molecule has 0 aromatic heterocycles. The Morgan fingerprint density at radius 2 is 1.85 bits per heavy atom. The van der Waals surface area contributed by atoms with Crippen LogP contribution in [0.3, 0.4) is 0 Å². The summed E-state index contributed by atoms with van der Waals surface area (Å²) < 4.78 is 26.0. The highest BCUT2D eigenvalue weighted by Gasteiger charge is 2.30. The second-order valence-corrected chi connectivity index (χ2v) is 7.84. The van der Waals surface area contributed by atoms with Crippen molar-refractivity contribution >= 4 is 33.4 Å². The molecular weight excluding hydrogens is 298 g/mol. The first kappa shape index (κ1) is 16.8. The van der Waals surface area contributed by atoms with Crippen LogP contribution in [0.5, 0.6) is 0 Å². The topological polar surface area (TPSA) is 115 Å². The van der Waals surface area contributed by atoms with Gasteiger partial charge in [0.2, 0.25) is 15.9 Å². The van der Waals surface area contributed by atoms with Crippen molar-refractivity contribution in [1.82, 2.24) is 4.72 Å². The van der Waals surface area contributed by atoms with Crippen molar-refractivity contribution in [3.63, 3.8) is 0 Å². The second kappa shape index (κ2) is 6.47. The maximum atomic E-state index is 11.8. The maximum Gasteiger partial charge on any atom is 0.238 e. The normalized spacial score (nSPS) is 12.3. The zero-order valence-electron chi connectivity index (χ0n) is 11.4. The lowest BCUT2D eigenvalue weighted by Crippen LogP contribution is -2.53. The lowest BCUT2D eigenvalue weighted by molar-refractivity contribution is -0.122. The van der Waals surface area contributed by atoms with Crippen LogP contribution in [0.2, 0.25) is 0 Å². The maximum absolute atomic E-state index is 11.8. The molecule has 112 valence electrons. The first-order valence-corrected chi connectivity index (χ1v) is 8.56. The molecule has 1 aromatic rings. The number of hydrogen-bond donors (Lipinski definition) is 3. The Labute approximate surface area is 123 Å². The number of sulfonamides is 1. The van der Waals surface area contributed by atoms with Crippen molar-refractivity contribution in [3.8, 4) is 0 Å². The van der Waals surface area contributed by atoms with Gasteiger partial charge in [-0.1, -0.05) is 0 Å². The Bertz CT molecular complexity index is 568. The van der Waals surface area contributed by atoms with Gasteiger partial charge >= 0.3 is 0 Å². The van der Waals surface area contributed by atoms with Gasteiger partial charge in [0.1, 0.15) is 5.54 Å². The Morgan fingerprint density at radius 3 is 2.35 bits per heavy atom. The van der Waals surface area contributed by atoms with Gasteiger partial charge in [-0.2, -0.15) is 0 Å². The van der Waals surface area contributed by atoms with Gasteiger partial charge in [0, 0.05) is 16.3 Å². The quantitative estimate of drug-likeness (QED) is 0.501. The third-order valence-electron chi connectivity index (χ3n) is 2.53. The van der Waals surface area contributed by atoms with E-state index in [1.165, 1.54) is 25.6 Å². The second-order valence-electron chi connectivity index (χ2n) is 4.83. The first-order valence-electron chi connectivity index (χ1n) is 5.92. The standard InChI is InChI=1S/C12H19N3O3S2/c1-12(2,11(14)16)15-20(17,18)8-7-19-10-5-3-9(13)4-6-10/h3-6,15H,7-8,13H2,1-2H3,(H2,14,16). The molecule has 0 saturated carbocycles. The molecule has 5 N–H and O–H groups in total. The molecule has 0 aliphatic rings. The molecule has 8 heteroatoms. The zero-order chi connectivity index (χ0) is 15.4. The van der Waals surface area contributed by atoms with E-state index in [1.807, 2.05) is 12.1 Å². The van der Waals surface area contributed by atoms with Crippen LogP contribution in [0.15, 0.2) is 29.2 Å². The fraction of sp³-hybridized carbons (Fsp3) is 0.417. The predicted molar refractivity (Wildman–Crippen MR) is 81.8 cm³/mol. The van der Waals surface area contributed by atoms with Gasteiger partial charge in [0.25, 0.3) is 0 Å². The minimum Gasteiger partial charge on any atom is -0.399 e. The minimum atomic E-state index is -3.56. The average Bonchev–Trinajstić information content (AvgIpc) is 2.30. The van der Waals surface area contributed by atoms with Crippen LogP contribution < -0.4 is 16.2 Å². The Hall–Kier alpha value is -1.25. The summed E-state index contributed by atoms with van der Waals surface area (Å²) in [5, 5.41) is 0. The van der Waals surface area contributed by atoms with Crippen LogP contribution in [0.25, 0.3) is 0 Å². The molecule has 0 fully saturated rings. The van der Waals surface area contributed by atoms with Crippen molar-refractivity contribution < 1.29 is 13.2 Å². The highest BCUT2D eigenvalue weighted by molar-refractivity contribution is 8.00. The summed E-state index contributed by atoms with van der Waals surface area (Å²) in [7, 11) is -3.56. The Morgan fingerprint density at radius 1 is 1.30 bits per heavy atom. The fourth-order valence-electron chi connectivity index (χ4n) is 1.32. The molecule has 0 radical (unpaired) electrons. The van der Waals surface area contributed by atoms with Crippen molar-refractivity contribution in [2.45, 2.75) is 24.3 Å². The molecule has 0 spiro atoms. The summed E-state index contributed by atoms with van der Waals surface area (Å²) in [5.74, 6) is -0.445. The number of nitrogen functional groups attached to an aromatic ring is 1. The number of thioether (sulfide) groups is 1. The van der Waals surface area contributed by atoms with E-state index in [0.29, 0.717) is 11.4 Å². The summed E-state index contributed by atoms with van der Waals surface area (Å²) in [6.07, 6.45) is 0. The number of nitrogens with one attached hydrogen (secondary N) is 1. The number of anilines is 1. The number of benzene rings is 1. The van der Waals surface area contributed by atoms with Crippen LogP contribution in [0.4, 0.5) is 5.69 Å². The minimum absolute atomic E-state index is 0.0985. The van der Waals surface area contributed by atoms with Gasteiger partial charge in [-0.25, -0.2) is 13.1 Å². The Balaban J connectivity index is 2.52. The highest BCUT2D eigenvalue weighted by atomic mass is 32.2. The van der Waals surface area contributed by atoms with Gasteiger partial charge in [-0.15, -0.1) is 11.8 Å². The number of carbonyl (C=O) groups is 1. The van der Waals surface area contributed by atoms with Crippen molar-refractivity contribution in [3.05, 3.63) is 24.3 Å². The van der Waals surface area contributed by atoms with Crippen LogP contribution in [-0.2, 0) is 14.8 Å². The number of carbonyl (C=O) groups excluding carboxylic acids is 1. The monoisotopic (exact) mass is 317 g/mol. The third kappa shape index (κ3) is 5.40. The zero-order valence-corrected chi connectivity index (χ0v) is 13.1. The van der Waals surface area contributed by atoms with Gasteiger partial charge in [0.15, 0.2) is 0 Å². The summed E-state index contributed by atoms with van der Waals surface area (Å²) in [6, 6.07) is 7.16. The summed E-state index contributed by atoms with van der Waals surface area (Å²) in [4.78, 5) is 12.0. The molecule has 0 aliphatic carbocycles. The van der Waals surface area contributed by atoms with Crippen LogP contribution in [-0.4, -0.2) is 31.4 Å². The fourth-order valence-corrected chi connectivity index (χ4v) is 4.08. The lowest BCUT2D eigenvalue weighted by atomic mass is 10.1. The predicted octanol–water partition coefficient (Wildman–Crippen LogP) is 0.544. The van der Waals surface area contributed by atoms with E-state index < -0.39 is 21.5 Å². The molecule has 0 heterocycles. The van der Waals surface area contributed by atoms with E-state index in [2.05, 4.69) is 4.72 Å². The highest BCUT2D eigenvalue weighted by Crippen LogP contribution is 2.19. The van der Waals surface area contributed by atoms with E-state index in [1.54, 1.807) is 12.1 Å². The molecule has 1 rings (SSSR count). The molecule has 6 nitrogen and oxygen atoms in total. The van der Waals surface area contributed by atoms with Gasteiger partial charge in [0.05, 0.1) is 5.75 Å². The summed E-state index contributed by atoms with van der Waals surface area (Å²) in [6.45, 7) is 2.86. The van der Waals surface area contributed by atoms with Gasteiger partial charge in [-0.3, -0.25) is 4.79 Å². The SMILES string of the molecule is CC(C)(NS(=O)(=O)CCSc1ccc(N)cc1)C(N)=O. The third-order valence-corrected chi connectivity index (χ3v) is 5.36. The van der Waals surface area contributed by atoms with Crippen LogP contribution in [0.1, 0.15) is 13.8 Å². The molecular formula is C12H19N3O3S2. The molecule has 1 aromatic carbocycles. The van der Waals surface area contributed by atoms with Crippen LogP contribution >= 0.6 is 11.8 Å². The number of primary amides is 1. The van der Waals surface area contributed by atoms with E-state index in [9.17, 15) is 13.2 Å². The largest absolute Gasteiger partial charge is 0.399 e. The number of rotatable bonds is 7. The molecule has 0 saturated heterocycles. The number of amides is 1. The lowest BCUT2D eigenvalue weighted by Gasteiger charge is -2.21. The molecule has 0 unspecified atom stereocenters. The van der Waals surface area contributed by atoms with Crippen LogP contribution in [0, 0.1) is 0 Å². The smallest absolute Gasteiger partial charge is 0.238 e. The Kier molecular flexibility index (Phi) is 5.43. The van der Waals surface area contributed by atoms with E-state index in [0.717, 1.165) is 4.90 Å². The number of hydrogen-bond acceptors (Lipinski definition) is 5. The van der Waals surface area contributed by atoms with E-state index in [4.69, 9.17) is 11.5 Å². The van der Waals surface area contributed by atoms with Gasteiger partial charge in [-0.05, 0) is 38.1 Å². The summed E-state index contributed by atoms with van der Waals surface area (Å²) >= 11 is 1.40. The molecule has 0 bridgehead atoms. The molecule has 0 aliphatic heterocycles. The van der Waals surface area contributed by atoms with Crippen molar-refractivity contribution in [2.24, 2.45) is 5.73 Å². The van der Waals surface area contributed by atoms with Gasteiger partial charge < -0.3 is 11.5 Å². The number of nitrogens with two attached hydrogens (primary N) is 2. The molecule has 1 amide bonds. The summed E-state index contributed by atoms with van der Waals surface area (Å²) in [5.41, 5.74) is 10.1. The van der Waals surface area contributed by atoms with E-state index in [-0.39, 0.29) is 5.75 Å². The molecule has 0 atom stereocenters. The van der Waals surface area contributed by atoms with Crippen molar-refractivity contribution in [1.29, 1.82) is 0 Å². The molecule has 20 heavy (non-hydrogen) atoms. The average molecular weight is 317 g/mol. The first-order chi connectivity index (χ1) is 9.12. The van der Waals surface area contributed by atoms with E-state index >= 15 is 0 Å². The van der Waals surface area contributed by atoms with Crippen molar-refractivity contribution in [2.75, 3.05) is 17.2 Å².